The van der Waals surface area contributed by atoms with Crippen LogP contribution >= 0.6 is 0 Å². The van der Waals surface area contributed by atoms with Gasteiger partial charge in [0, 0.05) is 18.6 Å². The zero-order valence-corrected chi connectivity index (χ0v) is 18.8. The molecule has 0 bridgehead atoms. The van der Waals surface area contributed by atoms with E-state index < -0.39 is 29.8 Å². The van der Waals surface area contributed by atoms with Gasteiger partial charge in [-0.1, -0.05) is 48.5 Å². The van der Waals surface area contributed by atoms with E-state index in [-0.39, 0.29) is 30.4 Å². The number of anilines is 1. The predicted octanol–water partition coefficient (Wildman–Crippen LogP) is 4.02. The van der Waals surface area contributed by atoms with Crippen LogP contribution in [0.1, 0.15) is 27.4 Å². The summed E-state index contributed by atoms with van der Waals surface area (Å²) in [6, 6.07) is 17.9. The minimum Gasteiger partial charge on any atom is -0.480 e. The number of benzene rings is 3. The summed E-state index contributed by atoms with van der Waals surface area (Å²) in [5.74, 6) is -3.08. The molecule has 9 heteroatoms. The molecular formula is C26H23FN2O6. The van der Waals surface area contributed by atoms with Gasteiger partial charge in [-0.05, 0) is 40.5 Å². The van der Waals surface area contributed by atoms with Crippen LogP contribution in [0, 0.1) is 5.82 Å². The van der Waals surface area contributed by atoms with Gasteiger partial charge in [0.1, 0.15) is 12.4 Å². The summed E-state index contributed by atoms with van der Waals surface area (Å²) < 4.78 is 24.7. The SMILES string of the molecule is COCC(NC(=O)c1ccc(NC(=O)OCC2c3ccccc3-c3ccccc32)c(F)c1)C(=O)O. The molecule has 0 radical (unpaired) electrons. The largest absolute Gasteiger partial charge is 0.480 e. The second-order valence-electron chi connectivity index (χ2n) is 7.96. The molecule has 2 amide bonds. The number of ether oxygens (including phenoxy) is 2. The van der Waals surface area contributed by atoms with Crippen molar-refractivity contribution in [2.45, 2.75) is 12.0 Å². The van der Waals surface area contributed by atoms with Crippen LogP contribution < -0.4 is 10.6 Å². The molecule has 0 spiro atoms. The van der Waals surface area contributed by atoms with Crippen molar-refractivity contribution in [1.82, 2.24) is 5.32 Å². The summed E-state index contributed by atoms with van der Waals surface area (Å²) in [6.45, 7) is -0.178. The van der Waals surface area contributed by atoms with Gasteiger partial charge in [0.2, 0.25) is 0 Å². The standard InChI is InChI=1S/C26H23FN2O6/c1-34-14-23(25(31)32)28-24(30)15-10-11-22(21(27)12-15)29-26(33)35-13-20-18-8-4-2-6-16(18)17-7-3-5-9-19(17)20/h2-12,20,23H,13-14H2,1H3,(H,28,30)(H,29,33)(H,31,32). The lowest BCUT2D eigenvalue weighted by Gasteiger charge is -2.15. The van der Waals surface area contributed by atoms with Gasteiger partial charge in [0.05, 0.1) is 12.3 Å². The van der Waals surface area contributed by atoms with Gasteiger partial charge in [-0.25, -0.2) is 14.0 Å². The lowest BCUT2D eigenvalue weighted by molar-refractivity contribution is -0.140. The summed E-state index contributed by atoms with van der Waals surface area (Å²) in [4.78, 5) is 35.8. The average Bonchev–Trinajstić information content (AvgIpc) is 3.17. The first-order valence-electron chi connectivity index (χ1n) is 10.8. The summed E-state index contributed by atoms with van der Waals surface area (Å²) in [7, 11) is 1.30. The lowest BCUT2D eigenvalue weighted by Crippen LogP contribution is -2.43. The number of carboxylic acid groups (broad SMARTS) is 1. The third kappa shape index (κ3) is 5.15. The molecule has 1 atom stereocenters. The normalized spacial score (nSPS) is 12.9. The molecule has 0 aromatic heterocycles. The Kier molecular flexibility index (Phi) is 7.07. The number of carboxylic acids is 1. The Balaban J connectivity index is 1.39. The number of rotatable bonds is 8. The third-order valence-electron chi connectivity index (χ3n) is 5.75. The second kappa shape index (κ2) is 10.4. The van der Waals surface area contributed by atoms with Gasteiger partial charge < -0.3 is 19.9 Å². The topological polar surface area (TPSA) is 114 Å². The van der Waals surface area contributed by atoms with E-state index in [2.05, 4.69) is 10.6 Å². The van der Waals surface area contributed by atoms with Gasteiger partial charge in [-0.3, -0.25) is 10.1 Å². The monoisotopic (exact) mass is 478 g/mol. The Labute approximate surface area is 200 Å². The van der Waals surface area contributed by atoms with Crippen LogP contribution in [0.15, 0.2) is 66.7 Å². The molecule has 3 N–H and O–H groups in total. The van der Waals surface area contributed by atoms with Crippen molar-refractivity contribution in [3.05, 3.63) is 89.2 Å². The average molecular weight is 478 g/mol. The Bertz CT molecular complexity index is 1230. The maximum Gasteiger partial charge on any atom is 0.411 e. The van der Waals surface area contributed by atoms with Gasteiger partial charge >= 0.3 is 12.1 Å². The number of halogens is 1. The summed E-state index contributed by atoms with van der Waals surface area (Å²) >= 11 is 0. The molecule has 0 fully saturated rings. The van der Waals surface area contributed by atoms with Gasteiger partial charge in [0.25, 0.3) is 5.91 Å². The number of fused-ring (bicyclic) bond motifs is 3. The Hall–Kier alpha value is -4.24. The number of carbonyl (C=O) groups is 3. The molecule has 1 aliphatic carbocycles. The number of amides is 2. The van der Waals surface area contributed by atoms with E-state index in [0.717, 1.165) is 28.3 Å². The number of nitrogens with one attached hydrogen (secondary N) is 2. The van der Waals surface area contributed by atoms with E-state index in [1.54, 1.807) is 0 Å². The van der Waals surface area contributed by atoms with Crippen LogP contribution in [0.5, 0.6) is 0 Å². The molecular weight excluding hydrogens is 455 g/mol. The molecule has 3 aromatic rings. The molecule has 4 rings (SSSR count). The highest BCUT2D eigenvalue weighted by Crippen LogP contribution is 2.44. The molecule has 3 aromatic carbocycles. The van der Waals surface area contributed by atoms with Crippen molar-refractivity contribution in [1.29, 1.82) is 0 Å². The quantitative estimate of drug-likeness (QED) is 0.451. The Morgan fingerprint density at radius 2 is 1.63 bits per heavy atom. The summed E-state index contributed by atoms with van der Waals surface area (Å²) in [6.07, 6.45) is -0.839. The summed E-state index contributed by atoms with van der Waals surface area (Å²) in [5.41, 5.74) is 4.00. The van der Waals surface area contributed by atoms with Crippen LogP contribution in [0.4, 0.5) is 14.9 Å². The van der Waals surface area contributed by atoms with Crippen LogP contribution in [0.3, 0.4) is 0 Å². The van der Waals surface area contributed by atoms with Crippen molar-refractivity contribution in [2.24, 2.45) is 0 Å². The maximum absolute atomic E-state index is 14.6. The van der Waals surface area contributed by atoms with Gasteiger partial charge in [-0.15, -0.1) is 0 Å². The minimum absolute atomic E-state index is 0.0675. The molecule has 0 saturated carbocycles. The highest BCUT2D eigenvalue weighted by molar-refractivity contribution is 5.97. The number of hydrogen-bond acceptors (Lipinski definition) is 5. The van der Waals surface area contributed by atoms with E-state index >= 15 is 0 Å². The molecule has 8 nitrogen and oxygen atoms in total. The number of aliphatic carboxylic acids is 1. The fraction of sp³-hybridized carbons (Fsp3) is 0.192. The van der Waals surface area contributed by atoms with Crippen LogP contribution in [0.2, 0.25) is 0 Å². The van der Waals surface area contributed by atoms with E-state index in [1.807, 2.05) is 48.5 Å². The van der Waals surface area contributed by atoms with Crippen LogP contribution in [-0.4, -0.2) is 49.4 Å². The maximum atomic E-state index is 14.6. The Morgan fingerprint density at radius 1 is 1.00 bits per heavy atom. The highest BCUT2D eigenvalue weighted by atomic mass is 19.1. The summed E-state index contributed by atoms with van der Waals surface area (Å²) in [5, 5.41) is 13.7. The van der Waals surface area contributed by atoms with Crippen molar-refractivity contribution in [3.63, 3.8) is 0 Å². The van der Waals surface area contributed by atoms with E-state index in [1.165, 1.54) is 19.2 Å². The second-order valence-corrected chi connectivity index (χ2v) is 7.96. The molecule has 0 aliphatic heterocycles. The van der Waals surface area contributed by atoms with Crippen molar-refractivity contribution in [2.75, 3.05) is 25.6 Å². The van der Waals surface area contributed by atoms with Crippen LogP contribution in [-0.2, 0) is 14.3 Å². The molecule has 180 valence electrons. The zero-order chi connectivity index (χ0) is 24.9. The fourth-order valence-corrected chi connectivity index (χ4v) is 4.09. The smallest absolute Gasteiger partial charge is 0.411 e. The third-order valence-corrected chi connectivity index (χ3v) is 5.75. The zero-order valence-electron chi connectivity index (χ0n) is 18.8. The molecule has 0 saturated heterocycles. The molecule has 0 heterocycles. The van der Waals surface area contributed by atoms with Gasteiger partial charge in [0.15, 0.2) is 6.04 Å². The lowest BCUT2D eigenvalue weighted by atomic mass is 9.98. The highest BCUT2D eigenvalue weighted by Gasteiger charge is 2.29. The van der Waals surface area contributed by atoms with Crippen molar-refractivity contribution >= 4 is 23.7 Å². The number of hydrogen-bond donors (Lipinski definition) is 3. The van der Waals surface area contributed by atoms with Crippen LogP contribution in [0.25, 0.3) is 11.1 Å². The first-order chi connectivity index (χ1) is 16.9. The van der Waals surface area contributed by atoms with E-state index in [0.29, 0.717) is 0 Å². The molecule has 1 unspecified atom stereocenters. The number of carbonyl (C=O) groups excluding carboxylic acids is 2. The van der Waals surface area contributed by atoms with E-state index in [9.17, 15) is 18.8 Å². The van der Waals surface area contributed by atoms with Gasteiger partial charge in [-0.2, -0.15) is 0 Å². The first kappa shape index (κ1) is 23.9. The van der Waals surface area contributed by atoms with E-state index in [4.69, 9.17) is 14.6 Å². The number of methoxy groups -OCH3 is 1. The Morgan fingerprint density at radius 3 is 2.20 bits per heavy atom. The minimum atomic E-state index is -1.28. The first-order valence-corrected chi connectivity index (χ1v) is 10.8. The molecule has 35 heavy (non-hydrogen) atoms. The van der Waals surface area contributed by atoms with Crippen molar-refractivity contribution in [3.8, 4) is 11.1 Å². The predicted molar refractivity (Wildman–Crippen MR) is 126 cm³/mol. The fourth-order valence-electron chi connectivity index (χ4n) is 4.09. The van der Waals surface area contributed by atoms with Crippen molar-refractivity contribution < 1.29 is 33.4 Å². The molecule has 1 aliphatic rings.